The van der Waals surface area contributed by atoms with Crippen LogP contribution < -0.4 is 14.8 Å². The molecule has 0 saturated carbocycles. The Hall–Kier alpha value is -3.02. The zero-order valence-electron chi connectivity index (χ0n) is 13.3. The molecule has 3 heterocycles. The molecule has 4 rings (SSSR count). The highest BCUT2D eigenvalue weighted by Crippen LogP contribution is 2.32. The minimum Gasteiger partial charge on any atom is -0.454 e. The third-order valence-electron chi connectivity index (χ3n) is 3.93. The zero-order valence-corrected chi connectivity index (χ0v) is 13.3. The molecular formula is C18H17N3O3. The summed E-state index contributed by atoms with van der Waals surface area (Å²) in [5, 5.41) is 2.91. The lowest BCUT2D eigenvalue weighted by Gasteiger charge is -2.05. The van der Waals surface area contributed by atoms with E-state index in [0.29, 0.717) is 6.54 Å². The second-order valence-electron chi connectivity index (χ2n) is 5.84. The minimum absolute atomic E-state index is 0.0622. The number of amides is 1. The van der Waals surface area contributed by atoms with Crippen LogP contribution in [0, 0.1) is 6.92 Å². The van der Waals surface area contributed by atoms with Crippen LogP contribution in [0.15, 0.2) is 42.7 Å². The first-order valence-electron chi connectivity index (χ1n) is 7.77. The average Bonchev–Trinajstić information content (AvgIpc) is 3.17. The lowest BCUT2D eigenvalue weighted by Crippen LogP contribution is -2.24. The van der Waals surface area contributed by atoms with Crippen LogP contribution in [0.3, 0.4) is 0 Å². The Morgan fingerprint density at radius 3 is 3.04 bits per heavy atom. The Labute approximate surface area is 139 Å². The number of nitrogens with zero attached hydrogens (tertiary/aromatic N) is 2. The van der Waals surface area contributed by atoms with Crippen LogP contribution in [0.4, 0.5) is 0 Å². The molecule has 0 atom stereocenters. The molecule has 6 nitrogen and oxygen atoms in total. The topological polar surface area (TPSA) is 64.9 Å². The van der Waals surface area contributed by atoms with Gasteiger partial charge in [-0.25, -0.2) is 4.98 Å². The van der Waals surface area contributed by atoms with Gasteiger partial charge in [-0.05, 0) is 42.3 Å². The van der Waals surface area contributed by atoms with E-state index < -0.39 is 0 Å². The maximum atomic E-state index is 12.1. The standard InChI is InChI=1S/C18H17N3O3/c1-12-4-5-21-10-14(20-17(21)6-12)8-18(22)19-9-13-2-3-15-16(7-13)24-11-23-15/h2-7,10H,8-9,11H2,1H3,(H,19,22). The van der Waals surface area contributed by atoms with Crippen molar-refractivity contribution in [3.8, 4) is 11.5 Å². The van der Waals surface area contributed by atoms with Crippen molar-refractivity contribution >= 4 is 11.6 Å². The van der Waals surface area contributed by atoms with Crippen molar-refractivity contribution in [1.82, 2.24) is 14.7 Å². The van der Waals surface area contributed by atoms with E-state index in [0.717, 1.165) is 34.0 Å². The van der Waals surface area contributed by atoms with Crippen LogP contribution in [-0.2, 0) is 17.8 Å². The second-order valence-corrected chi connectivity index (χ2v) is 5.84. The molecule has 1 aliphatic rings. The molecule has 0 bridgehead atoms. The fourth-order valence-corrected chi connectivity index (χ4v) is 2.70. The highest BCUT2D eigenvalue weighted by atomic mass is 16.7. The Kier molecular flexibility index (Phi) is 3.57. The van der Waals surface area contributed by atoms with E-state index in [-0.39, 0.29) is 19.1 Å². The van der Waals surface area contributed by atoms with Gasteiger partial charge in [0.1, 0.15) is 5.65 Å². The van der Waals surface area contributed by atoms with Crippen molar-refractivity contribution in [2.24, 2.45) is 0 Å². The summed E-state index contributed by atoms with van der Waals surface area (Å²) < 4.78 is 12.5. The number of carbonyl (C=O) groups excluding carboxylic acids is 1. The van der Waals surface area contributed by atoms with Gasteiger partial charge in [0.05, 0.1) is 12.1 Å². The molecule has 0 aliphatic carbocycles. The highest BCUT2D eigenvalue weighted by molar-refractivity contribution is 5.78. The van der Waals surface area contributed by atoms with Crippen LogP contribution >= 0.6 is 0 Å². The molecule has 2 aromatic heterocycles. The van der Waals surface area contributed by atoms with E-state index in [4.69, 9.17) is 9.47 Å². The first-order chi connectivity index (χ1) is 11.7. The molecule has 1 amide bonds. The number of pyridine rings is 1. The van der Waals surface area contributed by atoms with E-state index in [9.17, 15) is 4.79 Å². The summed E-state index contributed by atoms with van der Waals surface area (Å²) in [4.78, 5) is 16.6. The fourth-order valence-electron chi connectivity index (χ4n) is 2.70. The molecule has 0 saturated heterocycles. The monoisotopic (exact) mass is 323 g/mol. The van der Waals surface area contributed by atoms with Gasteiger partial charge in [-0.15, -0.1) is 0 Å². The third kappa shape index (κ3) is 2.90. The molecule has 122 valence electrons. The van der Waals surface area contributed by atoms with Crippen molar-refractivity contribution in [2.75, 3.05) is 6.79 Å². The third-order valence-corrected chi connectivity index (χ3v) is 3.93. The molecule has 3 aromatic rings. The highest BCUT2D eigenvalue weighted by Gasteiger charge is 2.13. The molecule has 0 fully saturated rings. The number of benzene rings is 1. The zero-order chi connectivity index (χ0) is 16.5. The van der Waals surface area contributed by atoms with Gasteiger partial charge < -0.3 is 19.2 Å². The number of aryl methyl sites for hydroxylation is 1. The van der Waals surface area contributed by atoms with Gasteiger partial charge in [0.25, 0.3) is 0 Å². The van der Waals surface area contributed by atoms with Gasteiger partial charge in [0.2, 0.25) is 12.7 Å². The lowest BCUT2D eigenvalue weighted by molar-refractivity contribution is -0.120. The summed E-state index contributed by atoms with van der Waals surface area (Å²) >= 11 is 0. The van der Waals surface area contributed by atoms with Crippen LogP contribution in [-0.4, -0.2) is 22.1 Å². The molecular weight excluding hydrogens is 306 g/mol. The summed E-state index contributed by atoms with van der Waals surface area (Å²) in [6, 6.07) is 9.66. The predicted octanol–water partition coefficient (Wildman–Crippen LogP) is 2.23. The van der Waals surface area contributed by atoms with Gasteiger partial charge in [-0.1, -0.05) is 6.07 Å². The van der Waals surface area contributed by atoms with Crippen molar-refractivity contribution < 1.29 is 14.3 Å². The number of nitrogens with one attached hydrogen (secondary N) is 1. The van der Waals surface area contributed by atoms with E-state index in [1.807, 2.05) is 54.0 Å². The number of ether oxygens (including phenoxy) is 2. The van der Waals surface area contributed by atoms with Gasteiger partial charge >= 0.3 is 0 Å². The number of rotatable bonds is 4. The molecule has 1 N–H and O–H groups in total. The van der Waals surface area contributed by atoms with E-state index in [1.165, 1.54) is 0 Å². The van der Waals surface area contributed by atoms with Crippen molar-refractivity contribution in [1.29, 1.82) is 0 Å². The summed E-state index contributed by atoms with van der Waals surface area (Å²) in [6.07, 6.45) is 4.09. The number of imidazole rings is 1. The van der Waals surface area contributed by atoms with Crippen molar-refractivity contribution in [2.45, 2.75) is 19.9 Å². The molecule has 1 aromatic carbocycles. The predicted molar refractivity (Wildman–Crippen MR) is 88.0 cm³/mol. The maximum absolute atomic E-state index is 12.1. The fraction of sp³-hybridized carbons (Fsp3) is 0.222. The molecule has 0 unspecified atom stereocenters. The maximum Gasteiger partial charge on any atom is 0.231 e. The molecule has 6 heteroatoms. The Bertz CT molecular complexity index is 917. The quantitative estimate of drug-likeness (QED) is 0.800. The Morgan fingerprint density at radius 2 is 2.12 bits per heavy atom. The number of aromatic nitrogens is 2. The van der Waals surface area contributed by atoms with Gasteiger partial charge in [-0.2, -0.15) is 0 Å². The van der Waals surface area contributed by atoms with Crippen LogP contribution in [0.5, 0.6) is 11.5 Å². The SMILES string of the molecule is Cc1ccn2cc(CC(=O)NCc3ccc4c(c3)OCO4)nc2c1. The van der Waals surface area contributed by atoms with Crippen molar-refractivity contribution in [3.63, 3.8) is 0 Å². The van der Waals surface area contributed by atoms with Gasteiger partial charge in [-0.3, -0.25) is 4.79 Å². The Morgan fingerprint density at radius 1 is 1.25 bits per heavy atom. The number of hydrogen-bond acceptors (Lipinski definition) is 4. The average molecular weight is 323 g/mol. The number of hydrogen-bond donors (Lipinski definition) is 1. The Balaban J connectivity index is 1.39. The summed E-state index contributed by atoms with van der Waals surface area (Å²) in [7, 11) is 0. The minimum atomic E-state index is -0.0622. The molecule has 1 aliphatic heterocycles. The lowest BCUT2D eigenvalue weighted by atomic mass is 10.2. The van der Waals surface area contributed by atoms with E-state index >= 15 is 0 Å². The van der Waals surface area contributed by atoms with E-state index in [2.05, 4.69) is 10.3 Å². The second kappa shape index (κ2) is 5.88. The summed E-state index contributed by atoms with van der Waals surface area (Å²) in [6.45, 7) is 2.72. The smallest absolute Gasteiger partial charge is 0.231 e. The summed E-state index contributed by atoms with van der Waals surface area (Å²) in [5.74, 6) is 1.40. The van der Waals surface area contributed by atoms with Gasteiger partial charge in [0, 0.05) is 18.9 Å². The molecule has 24 heavy (non-hydrogen) atoms. The van der Waals surface area contributed by atoms with E-state index in [1.54, 1.807) is 0 Å². The summed E-state index contributed by atoms with van der Waals surface area (Å²) in [5.41, 5.74) is 3.72. The largest absolute Gasteiger partial charge is 0.454 e. The van der Waals surface area contributed by atoms with Gasteiger partial charge in [0.15, 0.2) is 11.5 Å². The number of fused-ring (bicyclic) bond motifs is 2. The van der Waals surface area contributed by atoms with Crippen molar-refractivity contribution in [3.05, 3.63) is 59.5 Å². The van der Waals surface area contributed by atoms with Crippen LogP contribution in [0.2, 0.25) is 0 Å². The first kappa shape index (κ1) is 14.6. The normalized spacial score (nSPS) is 12.5. The van der Waals surface area contributed by atoms with Crippen LogP contribution in [0.25, 0.3) is 5.65 Å². The first-order valence-corrected chi connectivity index (χ1v) is 7.77. The molecule has 0 radical (unpaired) electrons. The van der Waals surface area contributed by atoms with Crippen LogP contribution in [0.1, 0.15) is 16.8 Å². The molecule has 0 spiro atoms. The number of carbonyl (C=O) groups is 1.